The van der Waals surface area contributed by atoms with Crippen LogP contribution in [0.25, 0.3) is 0 Å². The van der Waals surface area contributed by atoms with Gasteiger partial charge in [0.2, 0.25) is 0 Å². The number of ether oxygens (including phenoxy) is 2. The summed E-state index contributed by atoms with van der Waals surface area (Å²) in [6.07, 6.45) is 0.641. The van der Waals surface area contributed by atoms with E-state index in [0.717, 1.165) is 18.6 Å². The topological polar surface area (TPSA) is 64.6 Å². The van der Waals surface area contributed by atoms with Gasteiger partial charge in [0.25, 0.3) is 5.91 Å². The first-order valence-corrected chi connectivity index (χ1v) is 6.10. The van der Waals surface area contributed by atoms with Gasteiger partial charge >= 0.3 is 5.97 Å². The maximum atomic E-state index is 13.3. The van der Waals surface area contributed by atoms with E-state index in [4.69, 9.17) is 9.47 Å². The number of hydrogen-bond acceptors (Lipinski definition) is 4. The Morgan fingerprint density at radius 1 is 1.35 bits per heavy atom. The Balaban J connectivity index is 1.85. The van der Waals surface area contributed by atoms with E-state index in [9.17, 15) is 18.4 Å². The number of carbonyl (C=O) groups is 2. The zero-order chi connectivity index (χ0) is 14.5. The van der Waals surface area contributed by atoms with Crippen LogP contribution in [0.3, 0.4) is 0 Å². The minimum atomic E-state index is -0.899. The molecule has 5 nitrogen and oxygen atoms in total. The average Bonchev–Trinajstić information content (AvgIpc) is 2.94. The number of nitrogens with one attached hydrogen (secondary N) is 1. The molecule has 7 heteroatoms. The number of halogens is 2. The van der Waals surface area contributed by atoms with E-state index in [2.05, 4.69) is 0 Å². The summed E-state index contributed by atoms with van der Waals surface area (Å²) in [7, 11) is 0. The van der Waals surface area contributed by atoms with E-state index in [0.29, 0.717) is 13.0 Å². The van der Waals surface area contributed by atoms with Gasteiger partial charge < -0.3 is 14.8 Å². The van der Waals surface area contributed by atoms with Crippen molar-refractivity contribution in [2.24, 2.45) is 0 Å². The second kappa shape index (κ2) is 6.42. The normalized spacial score (nSPS) is 17.8. The van der Waals surface area contributed by atoms with E-state index in [-0.39, 0.29) is 0 Å². The van der Waals surface area contributed by atoms with Crippen LogP contribution in [0, 0.1) is 11.6 Å². The van der Waals surface area contributed by atoms with Crippen molar-refractivity contribution in [3.63, 3.8) is 0 Å². The maximum absolute atomic E-state index is 13.3. The molecule has 0 unspecified atom stereocenters. The highest BCUT2D eigenvalue weighted by atomic mass is 19.1. The zero-order valence-corrected chi connectivity index (χ0v) is 10.5. The lowest BCUT2D eigenvalue weighted by Gasteiger charge is -2.10. The number of carbonyl (C=O) groups excluding carboxylic acids is 2. The summed E-state index contributed by atoms with van der Waals surface area (Å²) < 4.78 is 36.3. The van der Waals surface area contributed by atoms with Crippen molar-refractivity contribution >= 4 is 17.6 Å². The first-order valence-electron chi connectivity index (χ1n) is 6.10. The highest BCUT2D eigenvalue weighted by molar-refractivity contribution is 5.93. The summed E-state index contributed by atoms with van der Waals surface area (Å²) >= 11 is 0. The third-order valence-corrected chi connectivity index (χ3v) is 2.77. The number of esters is 1. The van der Waals surface area contributed by atoms with Gasteiger partial charge in [0, 0.05) is 6.61 Å². The molecule has 1 amide bonds. The molecule has 1 heterocycles. The molecule has 20 heavy (non-hydrogen) atoms. The standard InChI is InChI=1S/C13H13F2NO4/c14-8-3-1-4-9(15)12(8)16-11(17)7-20-13(18)10-5-2-6-19-10/h1,3-4,10H,2,5-7H2,(H,16,17)/t10-/m0/s1. The van der Waals surface area contributed by atoms with E-state index in [1.165, 1.54) is 6.07 Å². The maximum Gasteiger partial charge on any atom is 0.335 e. The van der Waals surface area contributed by atoms with Crippen LogP contribution in [0.5, 0.6) is 0 Å². The minimum Gasteiger partial charge on any atom is -0.454 e. The Labute approximate surface area is 113 Å². The van der Waals surface area contributed by atoms with Crippen LogP contribution < -0.4 is 5.32 Å². The lowest BCUT2D eigenvalue weighted by Crippen LogP contribution is -2.27. The molecule has 1 aromatic rings. The van der Waals surface area contributed by atoms with Gasteiger partial charge in [-0.1, -0.05) is 6.07 Å². The fourth-order valence-corrected chi connectivity index (χ4v) is 1.79. The molecule has 0 aliphatic carbocycles. The lowest BCUT2D eigenvalue weighted by molar-refractivity contribution is -0.156. The lowest BCUT2D eigenvalue weighted by atomic mass is 10.2. The number of para-hydroxylation sites is 1. The highest BCUT2D eigenvalue weighted by Gasteiger charge is 2.25. The first-order chi connectivity index (χ1) is 9.58. The largest absolute Gasteiger partial charge is 0.454 e. The van der Waals surface area contributed by atoms with Gasteiger partial charge in [-0.25, -0.2) is 13.6 Å². The Kier molecular flexibility index (Phi) is 4.62. The molecule has 0 saturated carbocycles. The summed E-state index contributed by atoms with van der Waals surface area (Å²) in [6.45, 7) is -0.140. The van der Waals surface area contributed by atoms with Crippen LogP contribution in [0.4, 0.5) is 14.5 Å². The fourth-order valence-electron chi connectivity index (χ4n) is 1.79. The van der Waals surface area contributed by atoms with Crippen LogP contribution >= 0.6 is 0 Å². The number of hydrogen-bond donors (Lipinski definition) is 1. The van der Waals surface area contributed by atoms with Gasteiger partial charge in [0.1, 0.15) is 17.3 Å². The van der Waals surface area contributed by atoms with Crippen molar-refractivity contribution in [2.45, 2.75) is 18.9 Å². The Hall–Kier alpha value is -2.02. The van der Waals surface area contributed by atoms with Gasteiger partial charge in [-0.2, -0.15) is 0 Å². The van der Waals surface area contributed by atoms with Crippen LogP contribution in [0.2, 0.25) is 0 Å². The van der Waals surface area contributed by atoms with Crippen molar-refractivity contribution in [1.82, 2.24) is 0 Å². The first kappa shape index (κ1) is 14.4. The van der Waals surface area contributed by atoms with Crippen molar-refractivity contribution in [2.75, 3.05) is 18.5 Å². The molecule has 1 fully saturated rings. The zero-order valence-electron chi connectivity index (χ0n) is 10.5. The Bertz CT molecular complexity index is 495. The van der Waals surface area contributed by atoms with Crippen LogP contribution in [-0.2, 0) is 19.1 Å². The number of amides is 1. The summed E-state index contributed by atoms with van der Waals surface area (Å²) in [4.78, 5) is 22.9. The molecule has 1 aliphatic heterocycles. The third-order valence-electron chi connectivity index (χ3n) is 2.77. The fraction of sp³-hybridized carbons (Fsp3) is 0.385. The molecule has 0 spiro atoms. The Morgan fingerprint density at radius 2 is 2.05 bits per heavy atom. The highest BCUT2D eigenvalue weighted by Crippen LogP contribution is 2.18. The van der Waals surface area contributed by atoms with Crippen molar-refractivity contribution in [1.29, 1.82) is 0 Å². The van der Waals surface area contributed by atoms with Crippen LogP contribution in [0.15, 0.2) is 18.2 Å². The predicted octanol–water partition coefficient (Wildman–Crippen LogP) is 1.63. The molecule has 1 N–H and O–H groups in total. The van der Waals surface area contributed by atoms with Gasteiger partial charge in [0.05, 0.1) is 0 Å². The van der Waals surface area contributed by atoms with E-state index in [1.54, 1.807) is 0 Å². The summed E-state index contributed by atoms with van der Waals surface area (Å²) in [6, 6.07) is 3.20. The average molecular weight is 285 g/mol. The van der Waals surface area contributed by atoms with Gasteiger partial charge in [0.15, 0.2) is 12.7 Å². The quantitative estimate of drug-likeness (QED) is 0.854. The third kappa shape index (κ3) is 3.51. The molecule has 1 aromatic carbocycles. The SMILES string of the molecule is O=C(COC(=O)[C@@H]1CCCO1)Nc1c(F)cccc1F. The summed E-state index contributed by atoms with van der Waals surface area (Å²) in [5.74, 6) is -3.26. The molecule has 0 bridgehead atoms. The van der Waals surface area contributed by atoms with Gasteiger partial charge in [-0.15, -0.1) is 0 Å². The predicted molar refractivity (Wildman–Crippen MR) is 64.9 cm³/mol. The van der Waals surface area contributed by atoms with Crippen molar-refractivity contribution < 1.29 is 27.8 Å². The van der Waals surface area contributed by atoms with Crippen molar-refractivity contribution in [3.8, 4) is 0 Å². The number of anilines is 1. The molecule has 1 saturated heterocycles. The van der Waals surface area contributed by atoms with E-state index < -0.39 is 41.9 Å². The number of benzene rings is 1. The second-order valence-electron chi connectivity index (χ2n) is 4.25. The summed E-state index contributed by atoms with van der Waals surface area (Å²) in [5.41, 5.74) is -0.564. The Morgan fingerprint density at radius 3 is 2.65 bits per heavy atom. The van der Waals surface area contributed by atoms with Gasteiger partial charge in [-0.05, 0) is 25.0 Å². The summed E-state index contributed by atoms with van der Waals surface area (Å²) in [5, 5.41) is 2.02. The van der Waals surface area contributed by atoms with Gasteiger partial charge in [-0.3, -0.25) is 4.79 Å². The molecule has 2 rings (SSSR count). The molecular weight excluding hydrogens is 272 g/mol. The molecule has 0 radical (unpaired) electrons. The molecule has 0 aromatic heterocycles. The van der Waals surface area contributed by atoms with E-state index in [1.807, 2.05) is 5.32 Å². The number of rotatable bonds is 4. The molecule has 1 aliphatic rings. The molecule has 1 atom stereocenters. The molecular formula is C13H13F2NO4. The second-order valence-corrected chi connectivity index (χ2v) is 4.25. The smallest absolute Gasteiger partial charge is 0.335 e. The molecule has 108 valence electrons. The minimum absolute atomic E-state index is 0.479. The van der Waals surface area contributed by atoms with Crippen LogP contribution in [0.1, 0.15) is 12.8 Å². The van der Waals surface area contributed by atoms with Crippen molar-refractivity contribution in [3.05, 3.63) is 29.8 Å². The van der Waals surface area contributed by atoms with E-state index >= 15 is 0 Å². The van der Waals surface area contributed by atoms with Crippen LogP contribution in [-0.4, -0.2) is 31.2 Å². The monoisotopic (exact) mass is 285 g/mol.